The molecule has 0 atom stereocenters. The number of thiazole rings is 1. The van der Waals surface area contributed by atoms with E-state index in [2.05, 4.69) is 22.5 Å². The van der Waals surface area contributed by atoms with Gasteiger partial charge in [-0.1, -0.05) is 6.92 Å². The Hall–Kier alpha value is -1.10. The van der Waals surface area contributed by atoms with E-state index < -0.39 is 0 Å². The number of nitrogens with one attached hydrogen (secondary N) is 2. The summed E-state index contributed by atoms with van der Waals surface area (Å²) >= 11 is 1.66. The van der Waals surface area contributed by atoms with E-state index in [1.165, 1.54) is 11.3 Å². The van der Waals surface area contributed by atoms with Crippen molar-refractivity contribution in [3.8, 4) is 0 Å². The molecule has 0 saturated heterocycles. The topological polar surface area (TPSA) is 54.0 Å². The number of carbonyl (C=O) groups excluding carboxylic acids is 1. The molecule has 0 bridgehead atoms. The van der Waals surface area contributed by atoms with Gasteiger partial charge in [0.2, 0.25) is 0 Å². The highest BCUT2D eigenvalue weighted by molar-refractivity contribution is 7.11. The minimum absolute atomic E-state index is 0.0713. The third kappa shape index (κ3) is 2.95. The Morgan fingerprint density at radius 3 is 3.00 bits per heavy atom. The summed E-state index contributed by atoms with van der Waals surface area (Å²) in [4.78, 5) is 17.0. The van der Waals surface area contributed by atoms with Crippen LogP contribution >= 0.6 is 11.3 Å². The fourth-order valence-electron chi connectivity index (χ4n) is 1.54. The Bertz CT molecular complexity index is 360. The van der Waals surface area contributed by atoms with Gasteiger partial charge in [0.15, 0.2) is 0 Å². The number of rotatable bonds is 4. The van der Waals surface area contributed by atoms with Gasteiger partial charge in [-0.05, 0) is 25.7 Å². The van der Waals surface area contributed by atoms with E-state index in [1.807, 2.05) is 6.20 Å². The van der Waals surface area contributed by atoms with Crippen LogP contribution in [-0.4, -0.2) is 17.1 Å². The predicted molar refractivity (Wildman–Crippen MR) is 64.5 cm³/mol. The summed E-state index contributed by atoms with van der Waals surface area (Å²) in [5.41, 5.74) is 0. The molecule has 1 heterocycles. The molecule has 1 aliphatic carbocycles. The zero-order chi connectivity index (χ0) is 11.4. The Morgan fingerprint density at radius 2 is 2.44 bits per heavy atom. The van der Waals surface area contributed by atoms with Gasteiger partial charge in [0.05, 0.1) is 6.54 Å². The zero-order valence-electron chi connectivity index (χ0n) is 9.45. The van der Waals surface area contributed by atoms with Gasteiger partial charge >= 0.3 is 6.03 Å². The van der Waals surface area contributed by atoms with Crippen molar-refractivity contribution < 1.29 is 4.79 Å². The molecule has 0 aromatic carbocycles. The fourth-order valence-corrected chi connectivity index (χ4v) is 2.34. The molecule has 0 unspecified atom stereocenters. The van der Waals surface area contributed by atoms with Crippen molar-refractivity contribution in [2.45, 2.75) is 45.2 Å². The van der Waals surface area contributed by atoms with Crippen LogP contribution in [0.1, 0.15) is 36.1 Å². The van der Waals surface area contributed by atoms with Gasteiger partial charge in [-0.15, -0.1) is 11.3 Å². The van der Waals surface area contributed by atoms with Crippen LogP contribution in [-0.2, 0) is 13.0 Å². The molecule has 1 aromatic rings. The molecule has 5 heteroatoms. The van der Waals surface area contributed by atoms with Crippen LogP contribution in [0.15, 0.2) is 6.20 Å². The van der Waals surface area contributed by atoms with Crippen molar-refractivity contribution in [1.29, 1.82) is 0 Å². The standard InChI is InChI=1S/C11H17N3OS/c1-2-9-6-12-10(16-9)7-13-11(15)14-8-4-3-5-8/h6,8H,2-5,7H2,1H3,(H2,13,14,15). The molecule has 2 rings (SSSR count). The molecule has 4 nitrogen and oxygen atoms in total. The Morgan fingerprint density at radius 1 is 1.62 bits per heavy atom. The number of aryl methyl sites for hydroxylation is 1. The molecular weight excluding hydrogens is 222 g/mol. The number of urea groups is 1. The number of hydrogen-bond donors (Lipinski definition) is 2. The maximum atomic E-state index is 11.5. The first-order chi connectivity index (χ1) is 7.78. The summed E-state index contributed by atoms with van der Waals surface area (Å²) < 4.78 is 0. The third-order valence-corrected chi connectivity index (χ3v) is 3.93. The quantitative estimate of drug-likeness (QED) is 0.845. The van der Waals surface area contributed by atoms with E-state index >= 15 is 0 Å². The predicted octanol–water partition coefficient (Wildman–Crippen LogP) is 2.06. The lowest BCUT2D eigenvalue weighted by Gasteiger charge is -2.26. The molecule has 1 aromatic heterocycles. The maximum Gasteiger partial charge on any atom is 0.315 e. The summed E-state index contributed by atoms with van der Waals surface area (Å²) in [6, 6.07) is 0.320. The lowest BCUT2D eigenvalue weighted by Crippen LogP contribution is -2.44. The van der Waals surface area contributed by atoms with Crippen LogP contribution in [0.4, 0.5) is 4.79 Å². The second kappa shape index (κ2) is 5.30. The highest BCUT2D eigenvalue weighted by Gasteiger charge is 2.19. The van der Waals surface area contributed by atoms with Crippen molar-refractivity contribution in [2.75, 3.05) is 0 Å². The summed E-state index contributed by atoms with van der Waals surface area (Å²) in [5.74, 6) is 0. The van der Waals surface area contributed by atoms with E-state index in [0.29, 0.717) is 12.6 Å². The average Bonchev–Trinajstić information content (AvgIpc) is 2.68. The molecule has 0 spiro atoms. The summed E-state index contributed by atoms with van der Waals surface area (Å²) in [6.07, 6.45) is 6.35. The maximum absolute atomic E-state index is 11.5. The largest absolute Gasteiger partial charge is 0.335 e. The second-order valence-corrected chi connectivity index (χ2v) is 5.23. The SMILES string of the molecule is CCc1cnc(CNC(=O)NC2CCC2)s1. The molecule has 0 radical (unpaired) electrons. The van der Waals surface area contributed by atoms with Gasteiger partial charge in [-0.25, -0.2) is 9.78 Å². The molecule has 2 amide bonds. The van der Waals surface area contributed by atoms with Crippen LogP contribution in [0.2, 0.25) is 0 Å². The Balaban J connectivity index is 1.71. The molecule has 2 N–H and O–H groups in total. The van der Waals surface area contributed by atoms with E-state index in [9.17, 15) is 4.79 Å². The van der Waals surface area contributed by atoms with E-state index in [0.717, 1.165) is 24.3 Å². The molecule has 1 saturated carbocycles. The Labute approximate surface area is 99.5 Å². The second-order valence-electron chi connectivity index (χ2n) is 4.03. The van der Waals surface area contributed by atoms with Crippen molar-refractivity contribution in [3.63, 3.8) is 0 Å². The fraction of sp³-hybridized carbons (Fsp3) is 0.636. The van der Waals surface area contributed by atoms with Crippen molar-refractivity contribution in [3.05, 3.63) is 16.1 Å². The van der Waals surface area contributed by atoms with Gasteiger partial charge in [-0.3, -0.25) is 0 Å². The smallest absolute Gasteiger partial charge is 0.315 e. The summed E-state index contributed by atoms with van der Waals surface area (Å²) in [7, 11) is 0. The van der Waals surface area contributed by atoms with Gasteiger partial charge < -0.3 is 10.6 Å². The number of carbonyl (C=O) groups is 1. The van der Waals surface area contributed by atoms with Crippen LogP contribution < -0.4 is 10.6 Å². The van der Waals surface area contributed by atoms with Crippen molar-refractivity contribution in [1.82, 2.24) is 15.6 Å². The van der Waals surface area contributed by atoms with E-state index in [-0.39, 0.29) is 6.03 Å². The highest BCUT2D eigenvalue weighted by atomic mass is 32.1. The Kier molecular flexibility index (Phi) is 3.77. The number of aromatic nitrogens is 1. The lowest BCUT2D eigenvalue weighted by atomic mass is 9.93. The van der Waals surface area contributed by atoms with E-state index in [1.54, 1.807) is 11.3 Å². The van der Waals surface area contributed by atoms with Crippen LogP contribution in [0.3, 0.4) is 0 Å². The first kappa shape index (κ1) is 11.4. The number of amides is 2. The average molecular weight is 239 g/mol. The molecule has 1 fully saturated rings. The molecular formula is C11H17N3OS. The molecule has 16 heavy (non-hydrogen) atoms. The minimum atomic E-state index is -0.0713. The van der Waals surface area contributed by atoms with Crippen LogP contribution in [0.25, 0.3) is 0 Å². The first-order valence-electron chi connectivity index (χ1n) is 5.76. The van der Waals surface area contributed by atoms with Gasteiger partial charge in [0.1, 0.15) is 5.01 Å². The van der Waals surface area contributed by atoms with Crippen molar-refractivity contribution in [2.24, 2.45) is 0 Å². The highest BCUT2D eigenvalue weighted by Crippen LogP contribution is 2.17. The zero-order valence-corrected chi connectivity index (χ0v) is 10.3. The third-order valence-electron chi connectivity index (χ3n) is 2.79. The number of nitrogens with zero attached hydrogens (tertiary/aromatic N) is 1. The first-order valence-corrected chi connectivity index (χ1v) is 6.57. The van der Waals surface area contributed by atoms with Crippen LogP contribution in [0, 0.1) is 0 Å². The van der Waals surface area contributed by atoms with Crippen molar-refractivity contribution >= 4 is 17.4 Å². The van der Waals surface area contributed by atoms with E-state index in [4.69, 9.17) is 0 Å². The lowest BCUT2D eigenvalue weighted by molar-refractivity contribution is 0.228. The molecule has 0 aliphatic heterocycles. The molecule has 88 valence electrons. The molecule has 1 aliphatic rings. The summed E-state index contributed by atoms with van der Waals surface area (Å²) in [5, 5.41) is 6.74. The van der Waals surface area contributed by atoms with Gasteiger partial charge in [-0.2, -0.15) is 0 Å². The normalized spacial score (nSPS) is 15.6. The minimum Gasteiger partial charge on any atom is -0.335 e. The number of hydrogen-bond acceptors (Lipinski definition) is 3. The van der Waals surface area contributed by atoms with Gasteiger partial charge in [0, 0.05) is 17.1 Å². The van der Waals surface area contributed by atoms with Crippen LogP contribution in [0.5, 0.6) is 0 Å². The summed E-state index contributed by atoms with van der Waals surface area (Å²) in [6.45, 7) is 2.64. The monoisotopic (exact) mass is 239 g/mol. The van der Waals surface area contributed by atoms with Gasteiger partial charge in [0.25, 0.3) is 0 Å².